The Bertz CT molecular complexity index is 878. The van der Waals surface area contributed by atoms with Gasteiger partial charge in [-0.25, -0.2) is 4.79 Å². The van der Waals surface area contributed by atoms with Crippen LogP contribution in [0.3, 0.4) is 0 Å². The van der Waals surface area contributed by atoms with E-state index in [9.17, 15) is 14.4 Å². The summed E-state index contributed by atoms with van der Waals surface area (Å²) in [5.41, 5.74) is 1.91. The molecule has 1 aromatic heterocycles. The molecule has 7 heteroatoms. The summed E-state index contributed by atoms with van der Waals surface area (Å²) in [6.07, 6.45) is 2.77. The number of amides is 4. The second-order valence-electron chi connectivity index (χ2n) is 6.81. The number of hydrogen-bond donors (Lipinski definition) is 2. The number of rotatable bonds is 2. The summed E-state index contributed by atoms with van der Waals surface area (Å²) < 4.78 is 5.55. The molecule has 2 saturated heterocycles. The first-order valence-corrected chi connectivity index (χ1v) is 8.35. The number of benzene rings is 1. The largest absolute Gasteiger partial charge is 0.464 e. The smallest absolute Gasteiger partial charge is 0.322 e. The molecule has 0 atom stereocenters. The van der Waals surface area contributed by atoms with E-state index in [4.69, 9.17) is 4.42 Å². The minimum absolute atomic E-state index is 0.00265. The van der Waals surface area contributed by atoms with E-state index in [1.807, 2.05) is 25.1 Å². The van der Waals surface area contributed by atoms with Gasteiger partial charge in [-0.15, -0.1) is 0 Å². The maximum Gasteiger partial charge on any atom is 0.322 e. The third-order valence-corrected chi connectivity index (χ3v) is 5.14. The predicted molar refractivity (Wildman–Crippen MR) is 89.9 cm³/mol. The van der Waals surface area contributed by atoms with Crippen molar-refractivity contribution in [2.75, 3.05) is 13.1 Å². The highest BCUT2D eigenvalue weighted by Crippen LogP contribution is 2.27. The number of furan rings is 1. The zero-order valence-electron chi connectivity index (χ0n) is 13.9. The fourth-order valence-electron chi connectivity index (χ4n) is 3.62. The Morgan fingerprint density at radius 2 is 2.04 bits per heavy atom. The lowest BCUT2D eigenvalue weighted by Gasteiger charge is -2.37. The lowest BCUT2D eigenvalue weighted by atomic mass is 9.87. The van der Waals surface area contributed by atoms with Crippen LogP contribution >= 0.6 is 0 Å². The average Bonchev–Trinajstić information content (AvgIpc) is 3.08. The van der Waals surface area contributed by atoms with E-state index in [1.165, 1.54) is 0 Å². The Morgan fingerprint density at radius 3 is 2.72 bits per heavy atom. The highest BCUT2D eigenvalue weighted by molar-refractivity contribution is 6.07. The van der Waals surface area contributed by atoms with E-state index in [2.05, 4.69) is 10.6 Å². The van der Waals surface area contributed by atoms with Crippen molar-refractivity contribution in [1.29, 1.82) is 0 Å². The summed E-state index contributed by atoms with van der Waals surface area (Å²) in [4.78, 5) is 37.7. The molecular weight excluding hydrogens is 322 g/mol. The normalized spacial score (nSPS) is 19.3. The zero-order valence-corrected chi connectivity index (χ0v) is 13.9. The predicted octanol–water partition coefficient (Wildman–Crippen LogP) is 1.48. The Kier molecular flexibility index (Phi) is 3.52. The number of piperidine rings is 1. The van der Waals surface area contributed by atoms with Gasteiger partial charge in [0.1, 0.15) is 11.1 Å². The molecule has 2 N–H and O–H groups in total. The van der Waals surface area contributed by atoms with Crippen molar-refractivity contribution in [1.82, 2.24) is 15.5 Å². The SMILES string of the molecule is Cc1ccc2c(CC(=O)N3CCC4(CC3)NC(=O)NC4=O)coc2c1. The molecule has 0 unspecified atom stereocenters. The van der Waals surface area contributed by atoms with Gasteiger partial charge in [-0.1, -0.05) is 12.1 Å². The van der Waals surface area contributed by atoms with Crippen molar-refractivity contribution >= 4 is 28.8 Å². The number of nitrogens with one attached hydrogen (secondary N) is 2. The van der Waals surface area contributed by atoms with E-state index in [0.29, 0.717) is 25.9 Å². The first kappa shape index (κ1) is 15.7. The van der Waals surface area contributed by atoms with Gasteiger partial charge in [0.25, 0.3) is 5.91 Å². The molecule has 0 aliphatic carbocycles. The lowest BCUT2D eigenvalue weighted by molar-refractivity contribution is -0.135. The minimum atomic E-state index is -0.853. The maximum atomic E-state index is 12.6. The van der Waals surface area contributed by atoms with Gasteiger partial charge in [-0.2, -0.15) is 0 Å². The van der Waals surface area contributed by atoms with Gasteiger partial charge in [0, 0.05) is 24.0 Å². The summed E-state index contributed by atoms with van der Waals surface area (Å²) in [7, 11) is 0. The first-order valence-electron chi connectivity index (χ1n) is 8.35. The lowest BCUT2D eigenvalue weighted by Crippen LogP contribution is -2.55. The molecule has 0 bridgehead atoms. The number of nitrogens with zero attached hydrogens (tertiary/aromatic N) is 1. The van der Waals surface area contributed by atoms with E-state index in [-0.39, 0.29) is 18.2 Å². The van der Waals surface area contributed by atoms with Gasteiger partial charge in [0.05, 0.1) is 12.7 Å². The van der Waals surface area contributed by atoms with Crippen molar-refractivity contribution in [2.45, 2.75) is 31.7 Å². The Hall–Kier alpha value is -2.83. The van der Waals surface area contributed by atoms with Crippen molar-refractivity contribution < 1.29 is 18.8 Å². The summed E-state index contributed by atoms with van der Waals surface area (Å²) >= 11 is 0. The van der Waals surface area contributed by atoms with Crippen LogP contribution in [0.5, 0.6) is 0 Å². The van der Waals surface area contributed by atoms with Crippen LogP contribution in [0.2, 0.25) is 0 Å². The van der Waals surface area contributed by atoms with Crippen LogP contribution in [0.15, 0.2) is 28.9 Å². The third kappa shape index (κ3) is 2.65. The van der Waals surface area contributed by atoms with Crippen LogP contribution in [0.4, 0.5) is 4.79 Å². The van der Waals surface area contributed by atoms with Crippen molar-refractivity contribution in [3.8, 4) is 0 Å². The second kappa shape index (κ2) is 5.61. The fourth-order valence-corrected chi connectivity index (χ4v) is 3.62. The van der Waals surface area contributed by atoms with Gasteiger partial charge in [-0.05, 0) is 31.4 Å². The number of fused-ring (bicyclic) bond motifs is 1. The highest BCUT2D eigenvalue weighted by atomic mass is 16.3. The van der Waals surface area contributed by atoms with Crippen LogP contribution in [0, 0.1) is 6.92 Å². The van der Waals surface area contributed by atoms with Gasteiger partial charge >= 0.3 is 6.03 Å². The molecule has 2 aromatic rings. The Labute approximate surface area is 144 Å². The molecular formula is C18H19N3O4. The van der Waals surface area contributed by atoms with Gasteiger partial charge in [0.2, 0.25) is 5.91 Å². The minimum Gasteiger partial charge on any atom is -0.464 e. The van der Waals surface area contributed by atoms with E-state index >= 15 is 0 Å². The van der Waals surface area contributed by atoms with E-state index in [0.717, 1.165) is 22.1 Å². The number of carbonyl (C=O) groups is 3. The molecule has 0 saturated carbocycles. The number of hydrogen-bond acceptors (Lipinski definition) is 4. The Morgan fingerprint density at radius 1 is 1.28 bits per heavy atom. The van der Waals surface area contributed by atoms with Crippen molar-refractivity contribution in [3.63, 3.8) is 0 Å². The molecule has 3 heterocycles. The average molecular weight is 341 g/mol. The van der Waals surface area contributed by atoms with Crippen LogP contribution < -0.4 is 10.6 Å². The molecule has 7 nitrogen and oxygen atoms in total. The topological polar surface area (TPSA) is 91.7 Å². The first-order chi connectivity index (χ1) is 12.0. The molecule has 1 aromatic carbocycles. The number of carbonyl (C=O) groups excluding carboxylic acids is 3. The molecule has 25 heavy (non-hydrogen) atoms. The summed E-state index contributed by atoms with van der Waals surface area (Å²) in [6.45, 7) is 2.89. The number of imide groups is 1. The molecule has 4 amide bonds. The molecule has 2 fully saturated rings. The number of likely N-dealkylation sites (tertiary alicyclic amines) is 1. The standard InChI is InChI=1S/C18H19N3O4/c1-11-2-3-13-12(10-25-14(13)8-11)9-15(22)21-6-4-18(5-7-21)16(23)19-17(24)20-18/h2-3,8,10H,4-7,9H2,1H3,(H2,19,20,23,24). The summed E-state index contributed by atoms with van der Waals surface area (Å²) in [5, 5.41) is 5.93. The molecule has 0 radical (unpaired) electrons. The van der Waals surface area contributed by atoms with Gasteiger partial charge in [0.15, 0.2) is 0 Å². The molecule has 1 spiro atoms. The monoisotopic (exact) mass is 341 g/mol. The van der Waals surface area contributed by atoms with Crippen molar-refractivity contribution in [2.24, 2.45) is 0 Å². The van der Waals surface area contributed by atoms with Crippen LogP contribution in [0.25, 0.3) is 11.0 Å². The summed E-state index contributed by atoms with van der Waals surface area (Å²) in [6, 6.07) is 5.47. The number of urea groups is 1. The second-order valence-corrected chi connectivity index (χ2v) is 6.81. The van der Waals surface area contributed by atoms with Gasteiger partial charge in [-0.3, -0.25) is 14.9 Å². The quantitative estimate of drug-likeness (QED) is 0.810. The molecule has 2 aliphatic heterocycles. The summed E-state index contributed by atoms with van der Waals surface area (Å²) in [5.74, 6) is -0.288. The third-order valence-electron chi connectivity index (χ3n) is 5.14. The fraction of sp³-hybridized carbons (Fsp3) is 0.389. The van der Waals surface area contributed by atoms with Crippen LogP contribution in [-0.2, 0) is 16.0 Å². The zero-order chi connectivity index (χ0) is 17.6. The highest BCUT2D eigenvalue weighted by Gasteiger charge is 2.48. The van der Waals surface area contributed by atoms with Gasteiger partial charge < -0.3 is 14.6 Å². The molecule has 130 valence electrons. The molecule has 2 aliphatic rings. The molecule has 4 rings (SSSR count). The maximum absolute atomic E-state index is 12.6. The van der Waals surface area contributed by atoms with Crippen molar-refractivity contribution in [3.05, 3.63) is 35.6 Å². The number of aryl methyl sites for hydroxylation is 1. The van der Waals surface area contributed by atoms with Crippen LogP contribution in [-0.4, -0.2) is 41.4 Å². The Balaban J connectivity index is 1.44. The van der Waals surface area contributed by atoms with E-state index in [1.54, 1.807) is 11.2 Å². The van der Waals surface area contributed by atoms with E-state index < -0.39 is 11.6 Å². The van der Waals surface area contributed by atoms with Crippen LogP contribution in [0.1, 0.15) is 24.0 Å².